The molecule has 3 aromatic carbocycles. The molecule has 134 valence electrons. The standard InChI is InChI=1S/C21H22N2O2S/c24-26(25,21-10-9-17-5-1-3-7-19(17)15-21)22-12-14-23-13-11-18-6-2-4-8-20(18)16-23/h1-10,15,22H,11-14,16H2. The molecule has 0 bridgehead atoms. The van der Waals surface area contributed by atoms with Gasteiger partial charge in [0.05, 0.1) is 4.90 Å². The Morgan fingerprint density at radius 3 is 2.46 bits per heavy atom. The molecule has 1 aliphatic rings. The predicted molar refractivity (Wildman–Crippen MR) is 105 cm³/mol. The van der Waals surface area contributed by atoms with E-state index in [9.17, 15) is 8.42 Å². The van der Waals surface area contributed by atoms with Crippen LogP contribution in [0.1, 0.15) is 11.1 Å². The number of nitrogens with one attached hydrogen (secondary N) is 1. The van der Waals surface area contributed by atoms with Crippen LogP contribution in [-0.2, 0) is 23.0 Å². The van der Waals surface area contributed by atoms with Crippen molar-refractivity contribution in [2.24, 2.45) is 0 Å². The minimum absolute atomic E-state index is 0.320. The summed E-state index contributed by atoms with van der Waals surface area (Å²) in [5.41, 5.74) is 2.75. The van der Waals surface area contributed by atoms with Crippen molar-refractivity contribution in [3.05, 3.63) is 77.9 Å². The lowest BCUT2D eigenvalue weighted by Gasteiger charge is -2.28. The van der Waals surface area contributed by atoms with Crippen LogP contribution in [0.4, 0.5) is 0 Å². The summed E-state index contributed by atoms with van der Waals surface area (Å²) in [6.07, 6.45) is 1.02. The van der Waals surface area contributed by atoms with E-state index in [-0.39, 0.29) is 0 Å². The van der Waals surface area contributed by atoms with E-state index in [1.165, 1.54) is 11.1 Å². The quantitative estimate of drug-likeness (QED) is 0.754. The van der Waals surface area contributed by atoms with Gasteiger partial charge in [-0.1, -0.05) is 54.6 Å². The second-order valence-corrected chi connectivity index (χ2v) is 8.47. The van der Waals surface area contributed by atoms with Crippen LogP contribution in [0.2, 0.25) is 0 Å². The van der Waals surface area contributed by atoms with E-state index in [0.717, 1.165) is 30.3 Å². The van der Waals surface area contributed by atoms with E-state index >= 15 is 0 Å². The first-order valence-corrected chi connectivity index (χ1v) is 10.4. The van der Waals surface area contributed by atoms with Gasteiger partial charge in [-0.2, -0.15) is 0 Å². The summed E-state index contributed by atoms with van der Waals surface area (Å²) in [7, 11) is -3.49. The fourth-order valence-corrected chi connectivity index (χ4v) is 4.56. The minimum atomic E-state index is -3.49. The molecule has 1 heterocycles. The van der Waals surface area contributed by atoms with Crippen LogP contribution in [0, 0.1) is 0 Å². The molecule has 0 spiro atoms. The smallest absolute Gasteiger partial charge is 0.240 e. The lowest BCUT2D eigenvalue weighted by Crippen LogP contribution is -2.37. The molecule has 26 heavy (non-hydrogen) atoms. The molecule has 0 aliphatic carbocycles. The van der Waals surface area contributed by atoms with Crippen molar-refractivity contribution in [2.45, 2.75) is 17.9 Å². The van der Waals surface area contributed by atoms with Crippen molar-refractivity contribution >= 4 is 20.8 Å². The number of hydrogen-bond donors (Lipinski definition) is 1. The van der Waals surface area contributed by atoms with Crippen molar-refractivity contribution in [3.63, 3.8) is 0 Å². The average Bonchev–Trinajstić information content (AvgIpc) is 2.67. The average molecular weight is 366 g/mol. The van der Waals surface area contributed by atoms with Crippen LogP contribution in [0.15, 0.2) is 71.6 Å². The van der Waals surface area contributed by atoms with Gasteiger partial charge in [-0.25, -0.2) is 13.1 Å². The summed E-state index contributed by atoms with van der Waals surface area (Å²) >= 11 is 0. The van der Waals surface area contributed by atoms with Gasteiger partial charge in [-0.15, -0.1) is 0 Å². The van der Waals surface area contributed by atoms with Crippen molar-refractivity contribution < 1.29 is 8.42 Å². The van der Waals surface area contributed by atoms with Gasteiger partial charge in [0.1, 0.15) is 0 Å². The molecule has 0 fully saturated rings. The number of rotatable bonds is 5. The molecule has 0 unspecified atom stereocenters. The number of nitrogens with zero attached hydrogens (tertiary/aromatic N) is 1. The van der Waals surface area contributed by atoms with E-state index in [2.05, 4.69) is 33.9 Å². The zero-order chi connectivity index (χ0) is 18.0. The Morgan fingerprint density at radius 2 is 1.62 bits per heavy atom. The topological polar surface area (TPSA) is 49.4 Å². The molecule has 0 saturated heterocycles. The third-order valence-electron chi connectivity index (χ3n) is 4.96. The maximum atomic E-state index is 12.6. The first-order valence-electron chi connectivity index (χ1n) is 8.89. The van der Waals surface area contributed by atoms with E-state index < -0.39 is 10.0 Å². The maximum Gasteiger partial charge on any atom is 0.240 e. The van der Waals surface area contributed by atoms with Gasteiger partial charge in [-0.3, -0.25) is 4.90 Å². The second-order valence-electron chi connectivity index (χ2n) is 6.70. The monoisotopic (exact) mass is 366 g/mol. The Kier molecular flexibility index (Phi) is 4.76. The lowest BCUT2D eigenvalue weighted by atomic mass is 10.0. The molecule has 3 aromatic rings. The molecule has 0 amide bonds. The summed E-state index contributed by atoms with van der Waals surface area (Å²) in [5.74, 6) is 0. The highest BCUT2D eigenvalue weighted by Gasteiger charge is 2.17. The highest BCUT2D eigenvalue weighted by Crippen LogP contribution is 2.20. The van der Waals surface area contributed by atoms with Crippen LogP contribution < -0.4 is 4.72 Å². The number of hydrogen-bond acceptors (Lipinski definition) is 3. The highest BCUT2D eigenvalue weighted by atomic mass is 32.2. The van der Waals surface area contributed by atoms with Crippen molar-refractivity contribution in [1.82, 2.24) is 9.62 Å². The van der Waals surface area contributed by atoms with Gasteiger partial charge in [0.15, 0.2) is 0 Å². The van der Waals surface area contributed by atoms with E-state index in [0.29, 0.717) is 18.0 Å². The van der Waals surface area contributed by atoms with E-state index in [1.54, 1.807) is 12.1 Å². The first-order chi connectivity index (χ1) is 12.6. The molecule has 1 aliphatic heterocycles. The van der Waals surface area contributed by atoms with Gasteiger partial charge >= 0.3 is 0 Å². The third-order valence-corrected chi connectivity index (χ3v) is 6.42. The van der Waals surface area contributed by atoms with Crippen LogP contribution in [0.3, 0.4) is 0 Å². The zero-order valence-corrected chi connectivity index (χ0v) is 15.4. The van der Waals surface area contributed by atoms with Gasteiger partial charge in [0.2, 0.25) is 10.0 Å². The van der Waals surface area contributed by atoms with Crippen LogP contribution >= 0.6 is 0 Å². The molecule has 0 saturated carbocycles. The molecular weight excluding hydrogens is 344 g/mol. The van der Waals surface area contributed by atoms with Gasteiger partial charge in [-0.05, 0) is 40.5 Å². The van der Waals surface area contributed by atoms with Crippen molar-refractivity contribution in [2.75, 3.05) is 19.6 Å². The van der Waals surface area contributed by atoms with Crippen LogP contribution in [-0.4, -0.2) is 33.0 Å². The maximum absolute atomic E-state index is 12.6. The molecule has 0 atom stereocenters. The van der Waals surface area contributed by atoms with E-state index in [1.807, 2.05) is 30.3 Å². The highest BCUT2D eigenvalue weighted by molar-refractivity contribution is 7.89. The fourth-order valence-electron chi connectivity index (χ4n) is 3.50. The second kappa shape index (κ2) is 7.19. The van der Waals surface area contributed by atoms with Gasteiger partial charge in [0, 0.05) is 26.2 Å². The normalized spacial score (nSPS) is 15.1. The number of benzene rings is 3. The first kappa shape index (κ1) is 17.2. The van der Waals surface area contributed by atoms with Crippen molar-refractivity contribution in [1.29, 1.82) is 0 Å². The molecule has 5 heteroatoms. The SMILES string of the molecule is O=S(=O)(NCCN1CCc2ccccc2C1)c1ccc2ccccc2c1. The minimum Gasteiger partial charge on any atom is -0.297 e. The molecule has 4 rings (SSSR count). The molecule has 0 radical (unpaired) electrons. The van der Waals surface area contributed by atoms with Crippen molar-refractivity contribution in [3.8, 4) is 0 Å². The largest absolute Gasteiger partial charge is 0.297 e. The summed E-state index contributed by atoms with van der Waals surface area (Å²) in [4.78, 5) is 2.62. The number of fused-ring (bicyclic) bond motifs is 2. The van der Waals surface area contributed by atoms with Crippen LogP contribution in [0.5, 0.6) is 0 Å². The number of sulfonamides is 1. The summed E-state index contributed by atoms with van der Waals surface area (Å²) < 4.78 is 27.9. The van der Waals surface area contributed by atoms with Gasteiger partial charge in [0.25, 0.3) is 0 Å². The van der Waals surface area contributed by atoms with Crippen LogP contribution in [0.25, 0.3) is 10.8 Å². The summed E-state index contributed by atoms with van der Waals surface area (Å²) in [6.45, 7) is 2.97. The third kappa shape index (κ3) is 3.65. The molecule has 4 nitrogen and oxygen atoms in total. The van der Waals surface area contributed by atoms with Gasteiger partial charge < -0.3 is 0 Å². The Balaban J connectivity index is 1.39. The summed E-state index contributed by atoms with van der Waals surface area (Å²) in [5, 5.41) is 1.97. The molecule has 0 aromatic heterocycles. The molecule has 1 N–H and O–H groups in total. The van der Waals surface area contributed by atoms with E-state index in [4.69, 9.17) is 0 Å². The zero-order valence-electron chi connectivity index (χ0n) is 14.6. The summed E-state index contributed by atoms with van der Waals surface area (Å²) in [6, 6.07) is 21.5. The Morgan fingerprint density at radius 1 is 0.885 bits per heavy atom. The Hall–Kier alpha value is -2.21. The Bertz CT molecular complexity index is 1030. The fraction of sp³-hybridized carbons (Fsp3) is 0.238. The Labute approximate surface area is 154 Å². The predicted octanol–water partition coefficient (Wildman–Crippen LogP) is 3.18. The molecular formula is C21H22N2O2S. The lowest BCUT2D eigenvalue weighted by molar-refractivity contribution is 0.258.